The first-order valence-electron chi connectivity index (χ1n) is 15.5. The van der Waals surface area contributed by atoms with Crippen LogP contribution in [-0.4, -0.2) is 5.25 Å². The van der Waals surface area contributed by atoms with Crippen molar-refractivity contribution in [2.24, 2.45) is 0 Å². The smallest absolute Gasteiger partial charge is 0.0462 e. The molecule has 0 N–H and O–H groups in total. The summed E-state index contributed by atoms with van der Waals surface area (Å²) in [5.74, 6) is 0.469. The third-order valence-corrected chi connectivity index (χ3v) is 10.2. The molecule has 2 unspecified atom stereocenters. The average Bonchev–Trinajstić information content (AvgIpc) is 3.48. The second-order valence-corrected chi connectivity index (χ2v) is 12.8. The van der Waals surface area contributed by atoms with E-state index in [1.54, 1.807) is 0 Å². The zero-order valence-corrected chi connectivity index (χ0v) is 25.3. The van der Waals surface area contributed by atoms with Crippen molar-refractivity contribution >= 4 is 40.0 Å². The molecule has 2 atom stereocenters. The van der Waals surface area contributed by atoms with Crippen LogP contribution in [0.5, 0.6) is 0 Å². The van der Waals surface area contributed by atoms with Crippen molar-refractivity contribution in [1.82, 2.24) is 0 Å². The Hall–Kier alpha value is -4.79. The van der Waals surface area contributed by atoms with E-state index in [0.717, 1.165) is 29.9 Å². The third-order valence-electron chi connectivity index (χ3n) is 8.87. The van der Waals surface area contributed by atoms with Gasteiger partial charge in [0.2, 0.25) is 0 Å². The summed E-state index contributed by atoms with van der Waals surface area (Å²) in [6.45, 7) is 0. The fourth-order valence-electron chi connectivity index (χ4n) is 6.56. The first kappa shape index (κ1) is 26.8. The molecule has 1 aliphatic heterocycles. The molecular weight excluding hydrogens is 551 g/mol. The standard InChI is InChI=1S/C42H33NS/c1-3-9-30(10-4-1)32-15-22-36(23-16-32)43(37-24-17-33(18-25-37)31-11-5-2-6-12-31)38-26-19-34(20-27-38)35-21-28-40-39-13-7-8-14-41(39)44-42(40)29-35/h1,3-5,7-29,40,42H,2,6H2. The summed E-state index contributed by atoms with van der Waals surface area (Å²) in [4.78, 5) is 3.77. The molecule has 2 heteroatoms. The first-order valence-corrected chi connectivity index (χ1v) is 16.4. The topological polar surface area (TPSA) is 3.24 Å². The van der Waals surface area contributed by atoms with E-state index in [1.807, 2.05) is 11.8 Å². The summed E-state index contributed by atoms with van der Waals surface area (Å²) in [7, 11) is 0. The van der Waals surface area contributed by atoms with Gasteiger partial charge in [0.15, 0.2) is 0 Å². The number of allylic oxidation sites excluding steroid dienone is 7. The van der Waals surface area contributed by atoms with Crippen LogP contribution in [0, 0.1) is 0 Å². The molecule has 3 aliphatic rings. The number of benzene rings is 5. The van der Waals surface area contributed by atoms with Crippen LogP contribution in [0.4, 0.5) is 17.1 Å². The highest BCUT2D eigenvalue weighted by Gasteiger charge is 2.32. The van der Waals surface area contributed by atoms with Gasteiger partial charge in [0, 0.05) is 33.1 Å². The van der Waals surface area contributed by atoms with Gasteiger partial charge in [-0.05, 0) is 94.3 Å². The Bertz CT molecular complexity index is 1910. The Morgan fingerprint density at radius 2 is 1.11 bits per heavy atom. The van der Waals surface area contributed by atoms with Crippen molar-refractivity contribution in [2.75, 3.05) is 4.90 Å². The third kappa shape index (κ3) is 5.16. The second kappa shape index (κ2) is 11.7. The van der Waals surface area contributed by atoms with Crippen molar-refractivity contribution in [3.63, 3.8) is 0 Å². The Balaban J connectivity index is 1.11. The van der Waals surface area contributed by atoms with Crippen LogP contribution in [0.2, 0.25) is 0 Å². The van der Waals surface area contributed by atoms with Crippen LogP contribution in [0.25, 0.3) is 22.3 Å². The molecule has 0 saturated heterocycles. The molecule has 1 nitrogen and oxygen atoms in total. The highest BCUT2D eigenvalue weighted by atomic mass is 32.2. The molecule has 5 aromatic carbocycles. The van der Waals surface area contributed by atoms with E-state index < -0.39 is 0 Å². The predicted molar refractivity (Wildman–Crippen MR) is 189 cm³/mol. The van der Waals surface area contributed by atoms with Crippen molar-refractivity contribution in [2.45, 2.75) is 28.9 Å². The van der Waals surface area contributed by atoms with Crippen molar-refractivity contribution in [3.8, 4) is 11.1 Å². The normalized spacial score (nSPS) is 18.3. The Morgan fingerprint density at radius 3 is 1.77 bits per heavy atom. The molecule has 0 aromatic heterocycles. The molecule has 212 valence electrons. The quantitative estimate of drug-likeness (QED) is 0.196. The van der Waals surface area contributed by atoms with Gasteiger partial charge in [0.25, 0.3) is 0 Å². The molecule has 0 fully saturated rings. The zero-order chi connectivity index (χ0) is 29.3. The average molecular weight is 584 g/mol. The minimum atomic E-state index is 0.458. The zero-order valence-electron chi connectivity index (χ0n) is 24.5. The van der Waals surface area contributed by atoms with Gasteiger partial charge in [-0.3, -0.25) is 0 Å². The van der Waals surface area contributed by atoms with Crippen molar-refractivity contribution < 1.29 is 0 Å². The minimum Gasteiger partial charge on any atom is -0.311 e. The number of rotatable bonds is 6. The summed E-state index contributed by atoms with van der Waals surface area (Å²) in [6.07, 6.45) is 16.3. The molecular formula is C42H33NS. The molecule has 0 spiro atoms. The lowest BCUT2D eigenvalue weighted by Gasteiger charge is -2.26. The lowest BCUT2D eigenvalue weighted by atomic mass is 9.88. The molecule has 0 saturated carbocycles. The van der Waals surface area contributed by atoms with Crippen LogP contribution >= 0.6 is 11.8 Å². The maximum atomic E-state index is 2.46. The monoisotopic (exact) mass is 583 g/mol. The molecule has 0 radical (unpaired) electrons. The van der Waals surface area contributed by atoms with E-state index in [4.69, 9.17) is 0 Å². The number of anilines is 3. The SMILES string of the molecule is C1=CC(c2ccc(N(c3ccc(C4=CC5Sc6ccccc6C5C=C4)cc3)c3ccc(-c4ccccc4)cc3)cc2)=CCC1. The minimum absolute atomic E-state index is 0.458. The maximum Gasteiger partial charge on any atom is 0.0462 e. The number of hydrogen-bond acceptors (Lipinski definition) is 2. The molecule has 8 rings (SSSR count). The van der Waals surface area contributed by atoms with Crippen LogP contribution in [0.15, 0.2) is 169 Å². The Kier molecular flexibility index (Phi) is 7.14. The number of thioether (sulfide) groups is 1. The number of hydrogen-bond donors (Lipinski definition) is 0. The number of fused-ring (bicyclic) bond motifs is 3. The maximum absolute atomic E-state index is 2.46. The molecule has 1 heterocycles. The van der Waals surface area contributed by atoms with E-state index >= 15 is 0 Å². The summed E-state index contributed by atoms with van der Waals surface area (Å²) >= 11 is 1.99. The van der Waals surface area contributed by atoms with Gasteiger partial charge in [0.1, 0.15) is 0 Å². The largest absolute Gasteiger partial charge is 0.311 e. The van der Waals surface area contributed by atoms with Crippen LogP contribution in [-0.2, 0) is 0 Å². The van der Waals surface area contributed by atoms with Gasteiger partial charge in [0.05, 0.1) is 0 Å². The van der Waals surface area contributed by atoms with Crippen LogP contribution < -0.4 is 4.90 Å². The molecule has 2 aliphatic carbocycles. The summed E-state index contributed by atoms with van der Waals surface area (Å²) in [5.41, 5.74) is 12.5. The lowest BCUT2D eigenvalue weighted by Crippen LogP contribution is -2.10. The summed E-state index contributed by atoms with van der Waals surface area (Å²) < 4.78 is 0. The van der Waals surface area contributed by atoms with Gasteiger partial charge in [-0.1, -0.05) is 121 Å². The molecule has 5 aromatic rings. The summed E-state index contributed by atoms with van der Waals surface area (Å²) in [6, 6.07) is 46.4. The van der Waals surface area contributed by atoms with E-state index in [0.29, 0.717) is 11.2 Å². The van der Waals surface area contributed by atoms with E-state index in [1.165, 1.54) is 43.9 Å². The van der Waals surface area contributed by atoms with E-state index in [-0.39, 0.29) is 0 Å². The fourth-order valence-corrected chi connectivity index (χ4v) is 7.95. The van der Waals surface area contributed by atoms with E-state index in [2.05, 4.69) is 169 Å². The predicted octanol–water partition coefficient (Wildman–Crippen LogP) is 11.8. The molecule has 0 bridgehead atoms. The van der Waals surface area contributed by atoms with Gasteiger partial charge < -0.3 is 4.90 Å². The van der Waals surface area contributed by atoms with Gasteiger partial charge in [-0.25, -0.2) is 0 Å². The molecule has 44 heavy (non-hydrogen) atoms. The molecule has 0 amide bonds. The summed E-state index contributed by atoms with van der Waals surface area (Å²) in [5, 5.41) is 0.458. The lowest BCUT2D eigenvalue weighted by molar-refractivity contribution is 0.883. The van der Waals surface area contributed by atoms with Crippen LogP contribution in [0.1, 0.15) is 35.4 Å². The first-order chi connectivity index (χ1) is 21.8. The fraction of sp³-hybridized carbons (Fsp3) is 0.0952. The second-order valence-electron chi connectivity index (χ2n) is 11.6. The highest BCUT2D eigenvalue weighted by Crippen LogP contribution is 2.49. The van der Waals surface area contributed by atoms with Crippen molar-refractivity contribution in [1.29, 1.82) is 0 Å². The van der Waals surface area contributed by atoms with Crippen molar-refractivity contribution in [3.05, 3.63) is 181 Å². The van der Waals surface area contributed by atoms with Gasteiger partial charge in [-0.15, -0.1) is 11.8 Å². The highest BCUT2D eigenvalue weighted by molar-refractivity contribution is 8.00. The Morgan fingerprint density at radius 1 is 0.523 bits per heavy atom. The Labute approximate surface area is 264 Å². The van der Waals surface area contributed by atoms with Crippen LogP contribution in [0.3, 0.4) is 0 Å². The van der Waals surface area contributed by atoms with E-state index in [9.17, 15) is 0 Å². The number of nitrogens with zero attached hydrogens (tertiary/aromatic N) is 1. The van der Waals surface area contributed by atoms with Gasteiger partial charge >= 0.3 is 0 Å². The van der Waals surface area contributed by atoms with Gasteiger partial charge in [-0.2, -0.15) is 0 Å².